The van der Waals surface area contributed by atoms with Gasteiger partial charge in [-0.15, -0.1) is 10.2 Å². The third kappa shape index (κ3) is 1.01. The first-order chi connectivity index (χ1) is 5.88. The molecule has 2 rings (SSSR count). The molecule has 0 spiro atoms. The number of nitrogens with zero attached hydrogens (tertiary/aromatic N) is 4. The first kappa shape index (κ1) is 6.78. The highest BCUT2D eigenvalue weighted by Crippen LogP contribution is 2.11. The van der Waals surface area contributed by atoms with Crippen molar-refractivity contribution in [1.29, 1.82) is 0 Å². The van der Waals surface area contributed by atoms with E-state index < -0.39 is 0 Å². The van der Waals surface area contributed by atoms with Crippen LogP contribution in [0.5, 0.6) is 0 Å². The third-order valence-corrected chi connectivity index (χ3v) is 1.49. The van der Waals surface area contributed by atoms with Crippen LogP contribution in [-0.4, -0.2) is 19.9 Å². The second-order valence-electron chi connectivity index (χ2n) is 2.30. The van der Waals surface area contributed by atoms with E-state index in [1.165, 1.54) is 11.0 Å². The van der Waals surface area contributed by atoms with Gasteiger partial charge in [-0.05, 0) is 12.1 Å². The van der Waals surface area contributed by atoms with E-state index in [0.29, 0.717) is 5.82 Å². The Bertz CT molecular complexity index is 366. The largest absolute Gasteiger partial charge is 0.336 e. The van der Waals surface area contributed by atoms with Crippen LogP contribution in [0.25, 0.3) is 11.4 Å². The van der Waals surface area contributed by atoms with Gasteiger partial charge in [-0.3, -0.25) is 4.98 Å². The molecular weight excluding hydrogens is 154 g/mol. The Morgan fingerprint density at radius 1 is 1.42 bits per heavy atom. The van der Waals surface area contributed by atoms with Crippen molar-refractivity contribution in [1.82, 2.24) is 19.9 Å². The van der Waals surface area contributed by atoms with Gasteiger partial charge >= 0.3 is 0 Å². The molecule has 0 saturated heterocycles. The summed E-state index contributed by atoms with van der Waals surface area (Å²) in [5, 5.41) is 7.49. The van der Waals surface area contributed by atoms with Gasteiger partial charge < -0.3 is 5.84 Å². The molecular formula is C7H7N5. The quantitative estimate of drug-likeness (QED) is 0.600. The monoisotopic (exact) mass is 161 g/mol. The van der Waals surface area contributed by atoms with Gasteiger partial charge in [-0.1, -0.05) is 0 Å². The van der Waals surface area contributed by atoms with Crippen molar-refractivity contribution in [3.63, 3.8) is 0 Å². The maximum Gasteiger partial charge on any atom is 0.183 e. The summed E-state index contributed by atoms with van der Waals surface area (Å²) in [5.41, 5.74) is 0.859. The molecule has 2 heterocycles. The van der Waals surface area contributed by atoms with Gasteiger partial charge in [-0.25, -0.2) is 4.68 Å². The molecule has 0 saturated carbocycles. The van der Waals surface area contributed by atoms with Gasteiger partial charge in [0.1, 0.15) is 6.33 Å². The standard InChI is InChI=1S/C7H7N5/c8-12-5-10-11-7(12)6-2-1-3-9-4-6/h1-5H,8H2. The second kappa shape index (κ2) is 2.61. The number of rotatable bonds is 1. The van der Waals surface area contributed by atoms with Gasteiger partial charge in [0.25, 0.3) is 0 Å². The normalized spacial score (nSPS) is 10.0. The molecule has 2 N–H and O–H groups in total. The number of nitrogens with two attached hydrogens (primary N) is 1. The van der Waals surface area contributed by atoms with E-state index in [4.69, 9.17) is 5.84 Å². The Labute approximate surface area is 68.8 Å². The molecule has 0 bridgehead atoms. The highest BCUT2D eigenvalue weighted by atomic mass is 15.4. The lowest BCUT2D eigenvalue weighted by Gasteiger charge is -1.97. The summed E-state index contributed by atoms with van der Waals surface area (Å²) in [6.07, 6.45) is 4.83. The van der Waals surface area contributed by atoms with Crippen LogP contribution in [0.1, 0.15) is 0 Å². The number of hydrogen-bond donors (Lipinski definition) is 1. The van der Waals surface area contributed by atoms with E-state index in [0.717, 1.165) is 5.56 Å². The maximum absolute atomic E-state index is 5.54. The smallest absolute Gasteiger partial charge is 0.183 e. The molecule has 2 aromatic heterocycles. The fourth-order valence-corrected chi connectivity index (χ4v) is 0.944. The predicted octanol–water partition coefficient (Wildman–Crippen LogP) is 0.0539. The lowest BCUT2D eigenvalue weighted by molar-refractivity contribution is 1.00. The molecule has 0 atom stereocenters. The van der Waals surface area contributed by atoms with Crippen molar-refractivity contribution in [2.75, 3.05) is 5.84 Å². The van der Waals surface area contributed by atoms with E-state index in [1.54, 1.807) is 12.4 Å². The second-order valence-corrected chi connectivity index (χ2v) is 2.30. The van der Waals surface area contributed by atoms with Crippen LogP contribution in [0.3, 0.4) is 0 Å². The summed E-state index contributed by atoms with van der Waals surface area (Å²) >= 11 is 0. The molecule has 60 valence electrons. The molecule has 2 aromatic rings. The summed E-state index contributed by atoms with van der Waals surface area (Å²) in [6, 6.07) is 3.70. The van der Waals surface area contributed by atoms with Crippen LogP contribution < -0.4 is 5.84 Å². The fourth-order valence-electron chi connectivity index (χ4n) is 0.944. The zero-order valence-electron chi connectivity index (χ0n) is 6.25. The minimum Gasteiger partial charge on any atom is -0.336 e. The highest BCUT2D eigenvalue weighted by Gasteiger charge is 2.02. The molecule has 0 radical (unpaired) electrons. The maximum atomic E-state index is 5.54. The van der Waals surface area contributed by atoms with Gasteiger partial charge in [0.2, 0.25) is 0 Å². The van der Waals surface area contributed by atoms with Gasteiger partial charge in [0.15, 0.2) is 5.82 Å². The number of hydrogen-bond acceptors (Lipinski definition) is 4. The summed E-state index contributed by atoms with van der Waals surface area (Å²) in [7, 11) is 0. The number of nitrogen functional groups attached to an aromatic ring is 1. The van der Waals surface area contributed by atoms with E-state index in [2.05, 4.69) is 15.2 Å². The average molecular weight is 161 g/mol. The van der Waals surface area contributed by atoms with E-state index in [-0.39, 0.29) is 0 Å². The average Bonchev–Trinajstić information content (AvgIpc) is 2.53. The van der Waals surface area contributed by atoms with Crippen molar-refractivity contribution < 1.29 is 0 Å². The Balaban J connectivity index is 2.51. The molecule has 5 heteroatoms. The van der Waals surface area contributed by atoms with Crippen LogP contribution in [0.15, 0.2) is 30.9 Å². The van der Waals surface area contributed by atoms with Gasteiger partial charge in [0.05, 0.1) is 0 Å². The summed E-state index contributed by atoms with van der Waals surface area (Å²) in [5.74, 6) is 6.15. The van der Waals surface area contributed by atoms with Crippen LogP contribution >= 0.6 is 0 Å². The Kier molecular flexibility index (Phi) is 1.48. The fraction of sp³-hybridized carbons (Fsp3) is 0. The Morgan fingerprint density at radius 3 is 2.92 bits per heavy atom. The van der Waals surface area contributed by atoms with Crippen LogP contribution in [0.4, 0.5) is 0 Å². The summed E-state index contributed by atoms with van der Waals surface area (Å²) < 4.78 is 1.36. The van der Waals surface area contributed by atoms with Crippen molar-refractivity contribution >= 4 is 0 Å². The molecule has 0 unspecified atom stereocenters. The molecule has 0 amide bonds. The van der Waals surface area contributed by atoms with Crippen molar-refractivity contribution in [2.24, 2.45) is 0 Å². The molecule has 0 aliphatic heterocycles. The zero-order valence-corrected chi connectivity index (χ0v) is 6.25. The van der Waals surface area contributed by atoms with Crippen molar-refractivity contribution in [3.8, 4) is 11.4 Å². The first-order valence-corrected chi connectivity index (χ1v) is 3.43. The minimum absolute atomic E-state index is 0.614. The SMILES string of the molecule is Nn1cnnc1-c1cccnc1. The molecule has 0 aliphatic rings. The van der Waals surface area contributed by atoms with Gasteiger partial charge in [0, 0.05) is 18.0 Å². The molecule has 0 aliphatic carbocycles. The molecule has 0 fully saturated rings. The highest BCUT2D eigenvalue weighted by molar-refractivity contribution is 5.52. The molecule has 12 heavy (non-hydrogen) atoms. The third-order valence-electron chi connectivity index (χ3n) is 1.49. The number of pyridine rings is 1. The minimum atomic E-state index is 0.614. The van der Waals surface area contributed by atoms with Crippen LogP contribution in [-0.2, 0) is 0 Å². The topological polar surface area (TPSA) is 69.6 Å². The lowest BCUT2D eigenvalue weighted by atomic mass is 10.3. The van der Waals surface area contributed by atoms with Crippen molar-refractivity contribution in [3.05, 3.63) is 30.9 Å². The summed E-state index contributed by atoms with van der Waals surface area (Å²) in [6.45, 7) is 0. The van der Waals surface area contributed by atoms with E-state index in [9.17, 15) is 0 Å². The lowest BCUT2D eigenvalue weighted by Crippen LogP contribution is -2.08. The van der Waals surface area contributed by atoms with Gasteiger partial charge in [-0.2, -0.15) is 0 Å². The van der Waals surface area contributed by atoms with Crippen LogP contribution in [0.2, 0.25) is 0 Å². The Hall–Kier alpha value is -1.91. The van der Waals surface area contributed by atoms with Crippen molar-refractivity contribution in [2.45, 2.75) is 0 Å². The number of aromatic nitrogens is 4. The predicted molar refractivity (Wildman–Crippen MR) is 43.4 cm³/mol. The first-order valence-electron chi connectivity index (χ1n) is 3.43. The molecule has 0 aromatic carbocycles. The Morgan fingerprint density at radius 2 is 2.33 bits per heavy atom. The zero-order chi connectivity index (χ0) is 8.39. The van der Waals surface area contributed by atoms with Crippen LogP contribution in [0, 0.1) is 0 Å². The van der Waals surface area contributed by atoms with E-state index >= 15 is 0 Å². The van der Waals surface area contributed by atoms with E-state index in [1.807, 2.05) is 12.1 Å². The summed E-state index contributed by atoms with van der Waals surface area (Å²) in [4.78, 5) is 3.95. The molecule has 5 nitrogen and oxygen atoms in total.